The van der Waals surface area contributed by atoms with Crippen molar-refractivity contribution in [3.8, 4) is 0 Å². The van der Waals surface area contributed by atoms with Crippen molar-refractivity contribution in [3.63, 3.8) is 0 Å². The third-order valence-electron chi connectivity index (χ3n) is 1.84. The van der Waals surface area contributed by atoms with E-state index in [4.69, 9.17) is 11.5 Å². The average molecular weight is 191 g/mol. The van der Waals surface area contributed by atoms with Crippen LogP contribution in [-0.2, 0) is 4.79 Å². The molecular formula is C10H13N3O. The first-order chi connectivity index (χ1) is 6.65. The number of hydrogen-bond acceptors (Lipinski definition) is 4. The molecule has 0 aromatic carbocycles. The van der Waals surface area contributed by atoms with Gasteiger partial charge in [0.1, 0.15) is 12.1 Å². The van der Waals surface area contributed by atoms with Gasteiger partial charge in [0.15, 0.2) is 0 Å². The Morgan fingerprint density at radius 1 is 1.50 bits per heavy atom. The first-order valence-corrected chi connectivity index (χ1v) is 4.28. The monoisotopic (exact) mass is 191 g/mol. The van der Waals surface area contributed by atoms with Crippen molar-refractivity contribution in [2.24, 2.45) is 0 Å². The summed E-state index contributed by atoms with van der Waals surface area (Å²) in [4.78, 5) is 14.2. The predicted octanol–water partition coefficient (Wildman–Crippen LogP) is 1.16. The number of aromatic nitrogens is 1. The maximum atomic E-state index is 10.1. The molecule has 0 radical (unpaired) electrons. The molecule has 0 aliphatic rings. The van der Waals surface area contributed by atoms with E-state index in [0.717, 1.165) is 17.5 Å². The van der Waals surface area contributed by atoms with Crippen molar-refractivity contribution in [3.05, 3.63) is 23.4 Å². The molecule has 0 saturated heterocycles. The van der Waals surface area contributed by atoms with E-state index in [1.54, 1.807) is 12.1 Å². The molecule has 0 unspecified atom stereocenters. The van der Waals surface area contributed by atoms with Crippen LogP contribution < -0.4 is 11.5 Å². The van der Waals surface area contributed by atoms with Gasteiger partial charge in [-0.05, 0) is 18.6 Å². The molecule has 0 atom stereocenters. The molecule has 0 saturated carbocycles. The minimum Gasteiger partial charge on any atom is -0.396 e. The number of aryl methyl sites for hydroxylation is 1. The van der Waals surface area contributed by atoms with Crippen LogP contribution in [0, 0.1) is 6.92 Å². The van der Waals surface area contributed by atoms with Gasteiger partial charge in [-0.1, -0.05) is 12.2 Å². The van der Waals surface area contributed by atoms with Gasteiger partial charge >= 0.3 is 0 Å². The summed E-state index contributed by atoms with van der Waals surface area (Å²) in [5.74, 6) is 0.343. The van der Waals surface area contributed by atoms with E-state index in [2.05, 4.69) is 4.98 Å². The van der Waals surface area contributed by atoms with E-state index in [1.807, 2.05) is 13.0 Å². The van der Waals surface area contributed by atoms with E-state index in [9.17, 15) is 4.79 Å². The molecule has 4 N–H and O–H groups in total. The molecule has 1 aromatic rings. The highest BCUT2D eigenvalue weighted by Crippen LogP contribution is 2.17. The van der Waals surface area contributed by atoms with E-state index in [1.165, 1.54) is 0 Å². The second kappa shape index (κ2) is 4.41. The number of nitrogens with zero attached hydrogens (tertiary/aromatic N) is 1. The summed E-state index contributed by atoms with van der Waals surface area (Å²) in [5.41, 5.74) is 13.3. The van der Waals surface area contributed by atoms with Crippen LogP contribution in [0.15, 0.2) is 12.1 Å². The lowest BCUT2D eigenvalue weighted by Crippen LogP contribution is -2.00. The van der Waals surface area contributed by atoms with E-state index in [-0.39, 0.29) is 0 Å². The number of rotatable bonds is 3. The topological polar surface area (TPSA) is 82.0 Å². The summed E-state index contributed by atoms with van der Waals surface area (Å²) in [5, 5.41) is 0. The molecule has 4 nitrogen and oxygen atoms in total. The summed E-state index contributed by atoms with van der Waals surface area (Å²) >= 11 is 0. The smallest absolute Gasteiger partial charge is 0.146 e. The van der Waals surface area contributed by atoms with Crippen LogP contribution in [0.5, 0.6) is 0 Å². The molecule has 0 fully saturated rings. The van der Waals surface area contributed by atoms with Gasteiger partial charge in [0, 0.05) is 12.1 Å². The van der Waals surface area contributed by atoms with Crippen LogP contribution in [0.1, 0.15) is 17.7 Å². The van der Waals surface area contributed by atoms with Gasteiger partial charge in [-0.15, -0.1) is 0 Å². The first-order valence-electron chi connectivity index (χ1n) is 4.28. The summed E-state index contributed by atoms with van der Waals surface area (Å²) in [7, 11) is 0. The van der Waals surface area contributed by atoms with Gasteiger partial charge in [0.2, 0.25) is 0 Å². The van der Waals surface area contributed by atoms with Gasteiger partial charge in [-0.2, -0.15) is 0 Å². The molecule has 0 spiro atoms. The van der Waals surface area contributed by atoms with Crippen LogP contribution in [-0.4, -0.2) is 11.3 Å². The van der Waals surface area contributed by atoms with Crippen molar-refractivity contribution in [1.29, 1.82) is 0 Å². The quantitative estimate of drug-likeness (QED) is 0.702. The summed E-state index contributed by atoms with van der Waals surface area (Å²) in [6.45, 7) is 1.84. The Kier molecular flexibility index (Phi) is 3.23. The van der Waals surface area contributed by atoms with Crippen LogP contribution in [0.4, 0.5) is 11.5 Å². The molecular weight excluding hydrogens is 178 g/mol. The molecule has 0 aliphatic heterocycles. The summed E-state index contributed by atoms with van der Waals surface area (Å²) < 4.78 is 0. The Labute approximate surface area is 82.6 Å². The molecule has 0 bridgehead atoms. The number of anilines is 2. The zero-order valence-electron chi connectivity index (χ0n) is 8.03. The van der Waals surface area contributed by atoms with Crippen molar-refractivity contribution in [2.75, 3.05) is 11.5 Å². The van der Waals surface area contributed by atoms with Crippen LogP contribution in [0.3, 0.4) is 0 Å². The van der Waals surface area contributed by atoms with Crippen LogP contribution >= 0.6 is 0 Å². The Bertz CT molecular complexity index is 372. The molecule has 74 valence electrons. The number of nitrogens with two attached hydrogens (primary N) is 2. The van der Waals surface area contributed by atoms with Gasteiger partial charge in [0.05, 0.1) is 5.69 Å². The molecule has 1 heterocycles. The molecule has 0 aliphatic carbocycles. The Morgan fingerprint density at radius 3 is 2.86 bits per heavy atom. The highest BCUT2D eigenvalue weighted by atomic mass is 16.1. The van der Waals surface area contributed by atoms with Gasteiger partial charge in [-0.25, -0.2) is 4.98 Å². The van der Waals surface area contributed by atoms with Crippen molar-refractivity contribution >= 4 is 23.9 Å². The van der Waals surface area contributed by atoms with Crippen molar-refractivity contribution in [2.45, 2.75) is 13.3 Å². The zero-order valence-corrected chi connectivity index (χ0v) is 8.03. The number of nitrogen functional groups attached to an aromatic ring is 2. The largest absolute Gasteiger partial charge is 0.396 e. The standard InChI is InChI=1S/C10H13N3O/c1-7-8(4-2-3-5-14)6-9(11)10(12)13-7/h2,4-6H,3,11H2,1H3,(H2,12,13). The Hall–Kier alpha value is -1.84. The van der Waals surface area contributed by atoms with E-state index < -0.39 is 0 Å². The zero-order chi connectivity index (χ0) is 10.6. The minimum atomic E-state index is 0.343. The van der Waals surface area contributed by atoms with E-state index in [0.29, 0.717) is 17.9 Å². The second-order valence-electron chi connectivity index (χ2n) is 2.94. The second-order valence-corrected chi connectivity index (χ2v) is 2.94. The number of aldehydes is 1. The van der Waals surface area contributed by atoms with Gasteiger partial charge in [0.25, 0.3) is 0 Å². The third kappa shape index (κ3) is 2.32. The molecule has 4 heteroatoms. The molecule has 1 rings (SSSR count). The van der Waals surface area contributed by atoms with Crippen LogP contribution in [0.25, 0.3) is 6.08 Å². The van der Waals surface area contributed by atoms with Gasteiger partial charge < -0.3 is 16.3 Å². The predicted molar refractivity (Wildman–Crippen MR) is 57.5 cm³/mol. The third-order valence-corrected chi connectivity index (χ3v) is 1.84. The van der Waals surface area contributed by atoms with Gasteiger partial charge in [-0.3, -0.25) is 0 Å². The Balaban J connectivity index is 2.97. The number of carbonyl (C=O) groups excluding carboxylic acids is 1. The lowest BCUT2D eigenvalue weighted by Gasteiger charge is -2.04. The maximum Gasteiger partial charge on any atom is 0.146 e. The fourth-order valence-electron chi connectivity index (χ4n) is 1.07. The van der Waals surface area contributed by atoms with Crippen LogP contribution in [0.2, 0.25) is 0 Å². The number of carbonyl (C=O) groups is 1. The SMILES string of the molecule is Cc1nc(N)c(N)cc1C=CCC=O. The van der Waals surface area contributed by atoms with Crippen molar-refractivity contribution in [1.82, 2.24) is 4.98 Å². The fraction of sp³-hybridized carbons (Fsp3) is 0.200. The molecule has 14 heavy (non-hydrogen) atoms. The Morgan fingerprint density at radius 2 is 2.21 bits per heavy atom. The van der Waals surface area contributed by atoms with Crippen molar-refractivity contribution < 1.29 is 4.79 Å². The minimum absolute atomic E-state index is 0.343. The summed E-state index contributed by atoms with van der Waals surface area (Å²) in [6, 6.07) is 1.75. The fourth-order valence-corrected chi connectivity index (χ4v) is 1.07. The summed E-state index contributed by atoms with van der Waals surface area (Å²) in [6.07, 6.45) is 4.79. The number of pyridine rings is 1. The molecule has 1 aromatic heterocycles. The van der Waals surface area contributed by atoms with E-state index >= 15 is 0 Å². The normalized spacial score (nSPS) is 10.6. The highest BCUT2D eigenvalue weighted by Gasteiger charge is 2.00. The molecule has 0 amide bonds. The highest BCUT2D eigenvalue weighted by molar-refractivity contribution is 5.67. The lowest BCUT2D eigenvalue weighted by molar-refractivity contribution is -0.107. The average Bonchev–Trinajstić information content (AvgIpc) is 2.14. The maximum absolute atomic E-state index is 10.1. The lowest BCUT2D eigenvalue weighted by atomic mass is 10.1. The number of hydrogen-bond donors (Lipinski definition) is 2. The first kappa shape index (κ1) is 10.2. The number of allylic oxidation sites excluding steroid dienone is 1.